The summed E-state index contributed by atoms with van der Waals surface area (Å²) in [5, 5.41) is 22.9. The Morgan fingerprint density at radius 1 is 1.20 bits per heavy atom. The van der Waals surface area contributed by atoms with Gasteiger partial charge in [0.05, 0.1) is 37.0 Å². The Kier molecular flexibility index (Phi) is 7.02. The topological polar surface area (TPSA) is 134 Å². The van der Waals surface area contributed by atoms with Crippen molar-refractivity contribution in [2.24, 2.45) is 0 Å². The number of aromatic nitrogens is 5. The molecule has 40 heavy (non-hydrogen) atoms. The van der Waals surface area contributed by atoms with Crippen LogP contribution >= 0.6 is 0 Å². The van der Waals surface area contributed by atoms with Gasteiger partial charge in [0.1, 0.15) is 24.1 Å². The van der Waals surface area contributed by atoms with Crippen molar-refractivity contribution < 1.29 is 23.8 Å². The number of fused-ring (bicyclic) bond motifs is 1. The van der Waals surface area contributed by atoms with Gasteiger partial charge in [0.25, 0.3) is 0 Å². The summed E-state index contributed by atoms with van der Waals surface area (Å²) in [5.74, 6) is 0.922. The van der Waals surface area contributed by atoms with Crippen LogP contribution < -0.4 is 9.64 Å². The molecule has 2 fully saturated rings. The highest BCUT2D eigenvalue weighted by atomic mass is 19.1. The van der Waals surface area contributed by atoms with E-state index in [1.165, 1.54) is 16.8 Å². The van der Waals surface area contributed by atoms with Crippen LogP contribution in [0.2, 0.25) is 0 Å². The first-order valence-corrected chi connectivity index (χ1v) is 13.0. The zero-order valence-electron chi connectivity index (χ0n) is 21.6. The second-order valence-electron chi connectivity index (χ2n) is 9.79. The molecule has 4 aromatic rings. The van der Waals surface area contributed by atoms with Gasteiger partial charge < -0.3 is 19.5 Å². The molecular weight excluding hydrogens is 519 g/mol. The van der Waals surface area contributed by atoms with Crippen molar-refractivity contribution in [2.75, 3.05) is 37.7 Å². The van der Waals surface area contributed by atoms with E-state index in [4.69, 9.17) is 14.7 Å². The molecule has 1 N–H and O–H groups in total. The van der Waals surface area contributed by atoms with Crippen LogP contribution in [0.15, 0.2) is 42.6 Å². The molecule has 2 aliphatic rings. The maximum atomic E-state index is 14.2. The third-order valence-electron chi connectivity index (χ3n) is 7.17. The molecule has 0 spiro atoms. The number of anilines is 1. The third kappa shape index (κ3) is 5.31. The zero-order chi connectivity index (χ0) is 27.6. The van der Waals surface area contributed by atoms with E-state index in [1.807, 2.05) is 22.8 Å². The number of hydrogen-bond acceptors (Lipinski definition) is 9. The summed E-state index contributed by atoms with van der Waals surface area (Å²) in [6.07, 6.45) is 2.47. The lowest BCUT2D eigenvalue weighted by molar-refractivity contribution is -0.0593. The van der Waals surface area contributed by atoms with Crippen molar-refractivity contribution >= 4 is 17.6 Å². The standard InChI is InChI=1S/C27H27FN8O4/c28-21-12-18(13-29)4-5-19(21)17-40-25-3-1-2-23(31-25)34-9-7-33(8-10-34)16-24-32-36-15-22(26(37)38)30-27(36)35(24)14-20-6-11-39-20/h1-5,12,15,20H,6-11,14,16-17H2,(H,37,38). The van der Waals surface area contributed by atoms with Crippen LogP contribution in [0.4, 0.5) is 10.2 Å². The average molecular weight is 547 g/mol. The number of rotatable bonds is 9. The molecule has 6 rings (SSSR count). The second-order valence-corrected chi connectivity index (χ2v) is 9.79. The van der Waals surface area contributed by atoms with Crippen molar-refractivity contribution in [3.8, 4) is 11.9 Å². The van der Waals surface area contributed by atoms with Gasteiger partial charge in [0.15, 0.2) is 5.69 Å². The van der Waals surface area contributed by atoms with Gasteiger partial charge in [-0.1, -0.05) is 12.1 Å². The van der Waals surface area contributed by atoms with E-state index in [0.29, 0.717) is 30.3 Å². The molecule has 0 bridgehead atoms. The van der Waals surface area contributed by atoms with E-state index in [0.717, 1.165) is 50.8 Å². The average Bonchev–Trinajstić information content (AvgIpc) is 3.49. The fraction of sp³-hybridized carbons (Fsp3) is 0.370. The normalized spacial score (nSPS) is 17.5. The number of ether oxygens (including phenoxy) is 2. The number of halogens is 1. The Morgan fingerprint density at radius 3 is 2.73 bits per heavy atom. The summed E-state index contributed by atoms with van der Waals surface area (Å²) < 4.78 is 29.0. The molecule has 206 valence electrons. The molecule has 0 amide bonds. The second kappa shape index (κ2) is 10.9. The van der Waals surface area contributed by atoms with Crippen LogP contribution in [-0.4, -0.2) is 79.0 Å². The number of carbonyl (C=O) groups is 1. The zero-order valence-corrected chi connectivity index (χ0v) is 21.6. The smallest absolute Gasteiger partial charge is 0.356 e. The first kappa shape index (κ1) is 25.7. The molecule has 1 aromatic carbocycles. The number of nitrogens with zero attached hydrogens (tertiary/aromatic N) is 8. The number of piperazine rings is 1. The van der Waals surface area contributed by atoms with Gasteiger partial charge in [-0.05, 0) is 24.6 Å². The first-order valence-electron chi connectivity index (χ1n) is 13.0. The Labute approximate surface area is 228 Å². The number of imidazole rings is 1. The fourth-order valence-electron chi connectivity index (χ4n) is 4.83. The molecule has 0 radical (unpaired) electrons. The van der Waals surface area contributed by atoms with Crippen molar-refractivity contribution in [3.63, 3.8) is 0 Å². The molecule has 12 nitrogen and oxygen atoms in total. The lowest BCUT2D eigenvalue weighted by atomic mass is 10.1. The molecule has 2 saturated heterocycles. The van der Waals surface area contributed by atoms with Gasteiger partial charge in [-0.3, -0.25) is 9.47 Å². The number of aromatic carboxylic acids is 1. The largest absolute Gasteiger partial charge is 0.476 e. The van der Waals surface area contributed by atoms with Gasteiger partial charge in [0, 0.05) is 44.4 Å². The molecule has 13 heteroatoms. The SMILES string of the molecule is N#Cc1ccc(COc2cccc(N3CCN(Cc4nn5cc(C(=O)O)nc5n4CC4CCO4)CC3)n2)c(F)c1. The number of hydrogen-bond donors (Lipinski definition) is 1. The van der Waals surface area contributed by atoms with Gasteiger partial charge in [0.2, 0.25) is 11.7 Å². The molecule has 3 aromatic heterocycles. The van der Waals surface area contributed by atoms with Crippen LogP contribution in [0, 0.1) is 17.1 Å². The molecule has 0 aliphatic carbocycles. The molecule has 1 unspecified atom stereocenters. The van der Waals surface area contributed by atoms with Crippen molar-refractivity contribution in [1.82, 2.24) is 29.0 Å². The maximum absolute atomic E-state index is 14.2. The van der Waals surface area contributed by atoms with Crippen molar-refractivity contribution in [2.45, 2.75) is 32.2 Å². The van der Waals surface area contributed by atoms with Crippen LogP contribution in [-0.2, 0) is 24.4 Å². The van der Waals surface area contributed by atoms with Gasteiger partial charge >= 0.3 is 5.97 Å². The predicted molar refractivity (Wildman–Crippen MR) is 139 cm³/mol. The quantitative estimate of drug-likeness (QED) is 0.333. The Morgan fingerprint density at radius 2 is 2.02 bits per heavy atom. The third-order valence-corrected chi connectivity index (χ3v) is 7.17. The lowest BCUT2D eigenvalue weighted by Crippen LogP contribution is -2.46. The van der Waals surface area contributed by atoms with Gasteiger partial charge in [-0.2, -0.15) is 15.3 Å². The number of nitriles is 1. The summed E-state index contributed by atoms with van der Waals surface area (Å²) in [6.45, 7) is 4.96. The molecular formula is C27H27FN8O4. The van der Waals surface area contributed by atoms with E-state index < -0.39 is 11.8 Å². The van der Waals surface area contributed by atoms with E-state index in [9.17, 15) is 14.3 Å². The van der Waals surface area contributed by atoms with E-state index in [-0.39, 0.29) is 24.0 Å². The lowest BCUT2D eigenvalue weighted by Gasteiger charge is -2.35. The number of benzene rings is 1. The molecule has 5 heterocycles. The summed E-state index contributed by atoms with van der Waals surface area (Å²) in [7, 11) is 0. The highest BCUT2D eigenvalue weighted by molar-refractivity contribution is 5.85. The number of carboxylic acid groups (broad SMARTS) is 1. The van der Waals surface area contributed by atoms with Crippen LogP contribution in [0.1, 0.15) is 33.9 Å². The highest BCUT2D eigenvalue weighted by Gasteiger charge is 2.26. The highest BCUT2D eigenvalue weighted by Crippen LogP contribution is 2.22. The molecule has 2 aliphatic heterocycles. The summed E-state index contributed by atoms with van der Waals surface area (Å²) in [5.41, 5.74) is 0.583. The Balaban J connectivity index is 1.08. The summed E-state index contributed by atoms with van der Waals surface area (Å²) in [4.78, 5) is 24.7. The van der Waals surface area contributed by atoms with E-state index in [1.54, 1.807) is 18.2 Å². The number of carboxylic acids is 1. The van der Waals surface area contributed by atoms with Gasteiger partial charge in [-0.15, -0.1) is 0 Å². The fourth-order valence-corrected chi connectivity index (χ4v) is 4.83. The van der Waals surface area contributed by atoms with E-state index >= 15 is 0 Å². The minimum absolute atomic E-state index is 0.0116. The minimum Gasteiger partial charge on any atom is -0.476 e. The monoisotopic (exact) mass is 546 g/mol. The van der Waals surface area contributed by atoms with Crippen molar-refractivity contribution in [3.05, 3.63) is 71.1 Å². The summed E-state index contributed by atoms with van der Waals surface area (Å²) >= 11 is 0. The Bertz CT molecular complexity index is 1580. The van der Waals surface area contributed by atoms with Crippen LogP contribution in [0.25, 0.3) is 5.78 Å². The Hall–Kier alpha value is -4.54. The number of pyridine rings is 1. The van der Waals surface area contributed by atoms with Gasteiger partial charge in [-0.25, -0.2) is 18.7 Å². The van der Waals surface area contributed by atoms with Crippen molar-refractivity contribution in [1.29, 1.82) is 5.26 Å². The maximum Gasteiger partial charge on any atom is 0.356 e. The van der Waals surface area contributed by atoms with E-state index in [2.05, 4.69) is 24.9 Å². The summed E-state index contributed by atoms with van der Waals surface area (Å²) in [6, 6.07) is 11.7. The molecule has 1 atom stereocenters. The first-order chi connectivity index (χ1) is 19.5. The van der Waals surface area contributed by atoms with Crippen LogP contribution in [0.5, 0.6) is 5.88 Å². The minimum atomic E-state index is -1.08. The van der Waals surface area contributed by atoms with Crippen LogP contribution in [0.3, 0.4) is 0 Å². The predicted octanol–water partition coefficient (Wildman–Crippen LogP) is 2.32. The molecule has 0 saturated carbocycles.